The highest BCUT2D eigenvalue weighted by molar-refractivity contribution is 7.92. The topological polar surface area (TPSA) is 66.5 Å². The molecular formula is C30H30N2O3S. The highest BCUT2D eigenvalue weighted by Gasteiger charge is 2.22. The lowest BCUT2D eigenvalue weighted by atomic mass is 10.0. The predicted molar refractivity (Wildman–Crippen MR) is 147 cm³/mol. The van der Waals surface area contributed by atoms with Gasteiger partial charge in [-0.1, -0.05) is 68.4 Å². The van der Waals surface area contributed by atoms with Crippen LogP contribution in [0.1, 0.15) is 52.4 Å². The van der Waals surface area contributed by atoms with Gasteiger partial charge in [-0.15, -0.1) is 0 Å². The molecule has 4 aromatic carbocycles. The van der Waals surface area contributed by atoms with E-state index in [9.17, 15) is 13.2 Å². The summed E-state index contributed by atoms with van der Waals surface area (Å²) in [7, 11) is -3.51. The van der Waals surface area contributed by atoms with Gasteiger partial charge in [-0.05, 0) is 70.7 Å². The SMILES string of the molecule is CC(C)c1ccccc1N(Cc1ccc(C(=O)Nc2ccc3c4c(cccc24)CC3)cc1)S(C)(=O)=O. The summed E-state index contributed by atoms with van der Waals surface area (Å²) in [5.74, 6) is -0.00671. The normalized spacial score (nSPS) is 12.8. The number of sulfonamides is 1. The summed E-state index contributed by atoms with van der Waals surface area (Å²) in [4.78, 5) is 13.1. The molecule has 0 saturated carbocycles. The van der Waals surface area contributed by atoms with Crippen molar-refractivity contribution in [1.29, 1.82) is 0 Å². The summed E-state index contributed by atoms with van der Waals surface area (Å²) < 4.78 is 26.9. The maximum absolute atomic E-state index is 13.1. The van der Waals surface area contributed by atoms with Crippen LogP contribution in [0.2, 0.25) is 0 Å². The molecule has 1 aliphatic rings. The molecule has 0 fully saturated rings. The van der Waals surface area contributed by atoms with Crippen molar-refractivity contribution in [3.8, 4) is 0 Å². The molecule has 0 spiro atoms. The summed E-state index contributed by atoms with van der Waals surface area (Å²) in [5.41, 5.74) is 6.46. The Balaban J connectivity index is 1.38. The van der Waals surface area contributed by atoms with Crippen LogP contribution in [0.5, 0.6) is 0 Å². The first kappa shape index (κ1) is 24.1. The van der Waals surface area contributed by atoms with Crippen molar-refractivity contribution in [3.63, 3.8) is 0 Å². The van der Waals surface area contributed by atoms with Gasteiger partial charge in [0.1, 0.15) is 0 Å². The fourth-order valence-electron chi connectivity index (χ4n) is 5.06. The van der Waals surface area contributed by atoms with Gasteiger partial charge in [0.05, 0.1) is 18.5 Å². The molecule has 0 saturated heterocycles. The minimum atomic E-state index is -3.51. The molecule has 1 aliphatic carbocycles. The fraction of sp³-hybridized carbons (Fsp3) is 0.233. The second-order valence-electron chi connectivity index (χ2n) is 9.75. The zero-order valence-corrected chi connectivity index (χ0v) is 21.6. The van der Waals surface area contributed by atoms with E-state index in [2.05, 4.69) is 37.4 Å². The molecule has 0 radical (unpaired) electrons. The van der Waals surface area contributed by atoms with Crippen molar-refractivity contribution in [1.82, 2.24) is 0 Å². The molecule has 0 aliphatic heterocycles. The van der Waals surface area contributed by atoms with Crippen LogP contribution >= 0.6 is 0 Å². The number of anilines is 2. The first-order valence-corrected chi connectivity index (χ1v) is 14.1. The summed E-state index contributed by atoms with van der Waals surface area (Å²) in [6.45, 7) is 4.29. The minimum absolute atomic E-state index is 0.183. The zero-order chi connectivity index (χ0) is 25.4. The molecule has 0 atom stereocenters. The summed E-state index contributed by atoms with van der Waals surface area (Å²) in [5, 5.41) is 5.40. The van der Waals surface area contributed by atoms with Crippen molar-refractivity contribution in [2.24, 2.45) is 0 Å². The largest absolute Gasteiger partial charge is 0.321 e. The Kier molecular flexibility index (Phi) is 6.31. The summed E-state index contributed by atoms with van der Waals surface area (Å²) in [6.07, 6.45) is 3.30. The van der Waals surface area contributed by atoms with Gasteiger partial charge in [-0.3, -0.25) is 9.10 Å². The van der Waals surface area contributed by atoms with E-state index in [1.54, 1.807) is 12.1 Å². The Morgan fingerprint density at radius 1 is 0.889 bits per heavy atom. The van der Waals surface area contributed by atoms with Crippen LogP contribution in [0.4, 0.5) is 11.4 Å². The van der Waals surface area contributed by atoms with Crippen molar-refractivity contribution >= 4 is 38.1 Å². The Hall–Kier alpha value is -3.64. The minimum Gasteiger partial charge on any atom is -0.321 e. The third-order valence-electron chi connectivity index (χ3n) is 6.90. The lowest BCUT2D eigenvalue weighted by molar-refractivity contribution is 0.102. The maximum atomic E-state index is 13.1. The molecule has 5 rings (SSSR count). The first-order chi connectivity index (χ1) is 17.2. The number of rotatable bonds is 7. The van der Waals surface area contributed by atoms with E-state index in [4.69, 9.17) is 0 Å². The zero-order valence-electron chi connectivity index (χ0n) is 20.8. The number of hydrogen-bond donors (Lipinski definition) is 1. The van der Waals surface area contributed by atoms with Crippen LogP contribution in [0.3, 0.4) is 0 Å². The monoisotopic (exact) mass is 498 g/mol. The Morgan fingerprint density at radius 3 is 2.28 bits per heavy atom. The van der Waals surface area contributed by atoms with Gasteiger partial charge in [0, 0.05) is 16.6 Å². The van der Waals surface area contributed by atoms with E-state index in [1.165, 1.54) is 27.1 Å². The molecule has 0 unspecified atom stereocenters. The lowest BCUT2D eigenvalue weighted by Crippen LogP contribution is -2.30. The van der Waals surface area contributed by atoms with Crippen molar-refractivity contribution in [2.75, 3.05) is 15.9 Å². The first-order valence-electron chi connectivity index (χ1n) is 12.2. The van der Waals surface area contributed by atoms with E-state index in [-0.39, 0.29) is 18.4 Å². The van der Waals surface area contributed by atoms with Crippen LogP contribution in [-0.2, 0) is 29.4 Å². The highest BCUT2D eigenvalue weighted by Crippen LogP contribution is 2.35. The van der Waals surface area contributed by atoms with E-state index in [0.717, 1.165) is 35.0 Å². The standard InChI is InChI=1S/C30H30N2O3S/c1-20(2)25-8-4-5-10-28(25)32(36(3,34)35)19-21-11-13-24(14-12-21)30(33)31-27-18-17-23-16-15-22-7-6-9-26(27)29(22)23/h4-14,17-18,20H,15-16,19H2,1-3H3,(H,31,33). The number of aryl methyl sites for hydroxylation is 2. The number of benzene rings is 4. The van der Waals surface area contributed by atoms with Gasteiger partial charge in [-0.2, -0.15) is 0 Å². The Bertz CT molecular complexity index is 1550. The highest BCUT2D eigenvalue weighted by atomic mass is 32.2. The molecule has 0 aromatic heterocycles. The van der Waals surface area contributed by atoms with E-state index in [0.29, 0.717) is 11.3 Å². The molecule has 4 aromatic rings. The fourth-order valence-corrected chi connectivity index (χ4v) is 5.97. The van der Waals surface area contributed by atoms with Crippen LogP contribution in [0.15, 0.2) is 78.9 Å². The number of hydrogen-bond acceptors (Lipinski definition) is 3. The van der Waals surface area contributed by atoms with E-state index < -0.39 is 10.0 Å². The average Bonchev–Trinajstić information content (AvgIpc) is 3.28. The summed E-state index contributed by atoms with van der Waals surface area (Å²) >= 11 is 0. The molecule has 36 heavy (non-hydrogen) atoms. The van der Waals surface area contributed by atoms with Crippen molar-refractivity contribution in [2.45, 2.75) is 39.2 Å². The summed E-state index contributed by atoms with van der Waals surface area (Å²) in [6, 6.07) is 25.1. The maximum Gasteiger partial charge on any atom is 0.255 e. The quantitative estimate of drug-likeness (QED) is 0.326. The number of carbonyl (C=O) groups excluding carboxylic acids is 1. The van der Waals surface area contributed by atoms with Gasteiger partial charge < -0.3 is 5.32 Å². The van der Waals surface area contributed by atoms with E-state index in [1.807, 2.05) is 48.5 Å². The smallest absolute Gasteiger partial charge is 0.255 e. The number of nitrogens with zero attached hydrogens (tertiary/aromatic N) is 1. The third kappa shape index (κ3) is 4.61. The lowest BCUT2D eigenvalue weighted by Gasteiger charge is -2.26. The van der Waals surface area contributed by atoms with Crippen LogP contribution in [-0.4, -0.2) is 20.6 Å². The van der Waals surface area contributed by atoms with Crippen molar-refractivity contribution in [3.05, 3.63) is 107 Å². The van der Waals surface area contributed by atoms with Crippen LogP contribution in [0.25, 0.3) is 10.8 Å². The van der Waals surface area contributed by atoms with Gasteiger partial charge in [0.2, 0.25) is 10.0 Å². The molecule has 1 N–H and O–H groups in total. The molecule has 0 bridgehead atoms. The molecule has 6 heteroatoms. The average molecular weight is 499 g/mol. The molecule has 0 heterocycles. The Morgan fingerprint density at radius 2 is 1.58 bits per heavy atom. The van der Waals surface area contributed by atoms with Gasteiger partial charge in [0.25, 0.3) is 5.91 Å². The molecule has 1 amide bonds. The van der Waals surface area contributed by atoms with Crippen LogP contribution in [0, 0.1) is 0 Å². The second kappa shape index (κ2) is 9.43. The number of nitrogens with one attached hydrogen (secondary N) is 1. The van der Waals surface area contributed by atoms with E-state index >= 15 is 0 Å². The van der Waals surface area contributed by atoms with Crippen molar-refractivity contribution < 1.29 is 13.2 Å². The number of carbonyl (C=O) groups is 1. The van der Waals surface area contributed by atoms with Gasteiger partial charge >= 0.3 is 0 Å². The number of amides is 1. The van der Waals surface area contributed by atoms with Gasteiger partial charge in [0.15, 0.2) is 0 Å². The van der Waals surface area contributed by atoms with Crippen LogP contribution < -0.4 is 9.62 Å². The number of para-hydroxylation sites is 1. The molecular weight excluding hydrogens is 468 g/mol. The van der Waals surface area contributed by atoms with Gasteiger partial charge in [-0.25, -0.2) is 8.42 Å². The Labute approximate surface area is 212 Å². The molecule has 5 nitrogen and oxygen atoms in total. The third-order valence-corrected chi connectivity index (χ3v) is 8.02. The predicted octanol–water partition coefficient (Wildman–Crippen LogP) is 6.28. The molecule has 184 valence electrons. The second-order valence-corrected chi connectivity index (χ2v) is 11.7.